The van der Waals surface area contributed by atoms with Crippen LogP contribution in [0.5, 0.6) is 0 Å². The first kappa shape index (κ1) is 13.9. The van der Waals surface area contributed by atoms with Crippen molar-refractivity contribution >= 4 is 17.5 Å². The number of alkyl halides is 1. The van der Waals surface area contributed by atoms with E-state index in [0.717, 1.165) is 31.2 Å². The zero-order valence-corrected chi connectivity index (χ0v) is 12.9. The van der Waals surface area contributed by atoms with Gasteiger partial charge in [-0.15, -0.1) is 11.6 Å². The average molecular weight is 292 g/mol. The molecule has 2 nitrogen and oxygen atoms in total. The first-order chi connectivity index (χ1) is 9.50. The van der Waals surface area contributed by atoms with Crippen molar-refractivity contribution < 1.29 is 4.79 Å². The van der Waals surface area contributed by atoms with Gasteiger partial charge in [0.1, 0.15) is 0 Å². The number of fused-ring (bicyclic) bond motifs is 2. The molecule has 0 N–H and O–H groups in total. The lowest BCUT2D eigenvalue weighted by atomic mass is 9.82. The van der Waals surface area contributed by atoms with Crippen molar-refractivity contribution in [1.29, 1.82) is 0 Å². The molecule has 1 aromatic carbocycles. The van der Waals surface area contributed by atoms with Crippen LogP contribution in [-0.4, -0.2) is 28.3 Å². The zero-order chi connectivity index (χ0) is 14.3. The van der Waals surface area contributed by atoms with Gasteiger partial charge in [0.2, 0.25) is 5.91 Å². The van der Waals surface area contributed by atoms with E-state index in [2.05, 4.69) is 4.90 Å². The van der Waals surface area contributed by atoms with Gasteiger partial charge >= 0.3 is 0 Å². The summed E-state index contributed by atoms with van der Waals surface area (Å²) in [5, 5.41) is 0.247. The molecule has 2 aliphatic heterocycles. The first-order valence-electron chi connectivity index (χ1n) is 7.52. The molecule has 0 aromatic heterocycles. The smallest absolute Gasteiger partial charge is 0.233 e. The Morgan fingerprint density at radius 1 is 1.15 bits per heavy atom. The number of rotatable bonds is 2. The number of hydrogen-bond acceptors (Lipinski definition) is 1. The fourth-order valence-corrected chi connectivity index (χ4v) is 4.15. The fraction of sp³-hybridized carbons (Fsp3) is 0.588. The topological polar surface area (TPSA) is 20.3 Å². The molecule has 0 spiro atoms. The van der Waals surface area contributed by atoms with Crippen molar-refractivity contribution in [2.45, 2.75) is 62.4 Å². The number of piperidine rings is 1. The van der Waals surface area contributed by atoms with E-state index in [1.165, 1.54) is 0 Å². The quantitative estimate of drug-likeness (QED) is 0.761. The summed E-state index contributed by atoms with van der Waals surface area (Å²) in [6, 6.07) is 10.8. The van der Waals surface area contributed by atoms with E-state index < -0.39 is 5.41 Å². The molecule has 2 unspecified atom stereocenters. The molecule has 20 heavy (non-hydrogen) atoms. The van der Waals surface area contributed by atoms with Crippen molar-refractivity contribution in [2.24, 2.45) is 0 Å². The van der Waals surface area contributed by atoms with Gasteiger partial charge in [0.25, 0.3) is 0 Å². The summed E-state index contributed by atoms with van der Waals surface area (Å²) in [6.45, 7) is 4.08. The molecule has 108 valence electrons. The maximum atomic E-state index is 13.1. The molecule has 2 bridgehead atoms. The second-order valence-electron chi connectivity index (χ2n) is 6.66. The molecular weight excluding hydrogens is 270 g/mol. The van der Waals surface area contributed by atoms with Crippen LogP contribution in [0.1, 0.15) is 45.1 Å². The van der Waals surface area contributed by atoms with Crippen molar-refractivity contribution in [3.05, 3.63) is 35.9 Å². The van der Waals surface area contributed by atoms with E-state index in [1.807, 2.05) is 44.2 Å². The van der Waals surface area contributed by atoms with E-state index in [1.54, 1.807) is 0 Å². The van der Waals surface area contributed by atoms with E-state index in [4.69, 9.17) is 11.6 Å². The van der Waals surface area contributed by atoms with E-state index in [0.29, 0.717) is 12.1 Å². The molecule has 0 radical (unpaired) electrons. The van der Waals surface area contributed by atoms with Crippen molar-refractivity contribution in [2.75, 3.05) is 0 Å². The van der Waals surface area contributed by atoms with Crippen LogP contribution in [0.15, 0.2) is 30.3 Å². The van der Waals surface area contributed by atoms with Gasteiger partial charge in [-0.05, 0) is 45.1 Å². The Labute approximate surface area is 126 Å². The normalized spacial score (nSPS) is 29.6. The molecule has 2 atom stereocenters. The lowest BCUT2D eigenvalue weighted by molar-refractivity contribution is -0.140. The zero-order valence-electron chi connectivity index (χ0n) is 12.2. The summed E-state index contributed by atoms with van der Waals surface area (Å²) >= 11 is 6.31. The standard InChI is InChI=1S/C17H22ClNO/c1-17(2,12-6-4-3-5-7-12)16(20)19-14-8-9-15(19)11-13(18)10-14/h3-7,13-15H,8-11H2,1-2H3. The Hall–Kier alpha value is -1.02. The summed E-state index contributed by atoms with van der Waals surface area (Å²) in [4.78, 5) is 15.2. The first-order valence-corrected chi connectivity index (χ1v) is 7.96. The highest BCUT2D eigenvalue weighted by Crippen LogP contribution is 2.40. The SMILES string of the molecule is CC(C)(C(=O)N1C2CCC1CC(Cl)C2)c1ccccc1. The number of carbonyl (C=O) groups is 1. The summed E-state index contributed by atoms with van der Waals surface area (Å²) in [6.07, 6.45) is 4.14. The van der Waals surface area contributed by atoms with Gasteiger partial charge in [-0.2, -0.15) is 0 Å². The second-order valence-corrected chi connectivity index (χ2v) is 7.27. The molecular formula is C17H22ClNO. The minimum Gasteiger partial charge on any atom is -0.336 e. The third-order valence-electron chi connectivity index (χ3n) is 4.94. The Morgan fingerprint density at radius 2 is 1.70 bits per heavy atom. The van der Waals surface area contributed by atoms with Crippen LogP contribution in [0.3, 0.4) is 0 Å². The van der Waals surface area contributed by atoms with Gasteiger partial charge < -0.3 is 4.90 Å². The van der Waals surface area contributed by atoms with E-state index in [9.17, 15) is 4.79 Å². The molecule has 2 aliphatic rings. The summed E-state index contributed by atoms with van der Waals surface area (Å²) in [5.74, 6) is 0.264. The van der Waals surface area contributed by atoms with Crippen LogP contribution in [-0.2, 0) is 10.2 Å². The summed E-state index contributed by atoms with van der Waals surface area (Å²) in [5.41, 5.74) is 0.638. The molecule has 1 aromatic rings. The van der Waals surface area contributed by atoms with Crippen LogP contribution in [0.2, 0.25) is 0 Å². The number of halogens is 1. The van der Waals surface area contributed by atoms with Gasteiger partial charge in [0.05, 0.1) is 5.41 Å². The Balaban J connectivity index is 1.86. The van der Waals surface area contributed by atoms with Gasteiger partial charge in [0.15, 0.2) is 0 Å². The highest BCUT2D eigenvalue weighted by molar-refractivity contribution is 6.20. The largest absolute Gasteiger partial charge is 0.336 e. The molecule has 0 saturated carbocycles. The molecule has 3 rings (SSSR count). The Bertz CT molecular complexity index is 485. The predicted octanol–water partition coefficient (Wildman–Crippen LogP) is 3.73. The minimum atomic E-state index is -0.457. The highest BCUT2D eigenvalue weighted by Gasteiger charge is 2.46. The molecule has 2 fully saturated rings. The average Bonchev–Trinajstić information content (AvgIpc) is 2.70. The van der Waals surface area contributed by atoms with Gasteiger partial charge in [-0.3, -0.25) is 4.79 Å². The number of amides is 1. The molecule has 3 heteroatoms. The van der Waals surface area contributed by atoms with E-state index >= 15 is 0 Å². The maximum Gasteiger partial charge on any atom is 0.233 e. The Kier molecular flexibility index (Phi) is 3.53. The number of nitrogens with zero attached hydrogens (tertiary/aromatic N) is 1. The van der Waals surface area contributed by atoms with Gasteiger partial charge in [-0.1, -0.05) is 30.3 Å². The fourth-order valence-electron chi connectivity index (χ4n) is 3.74. The Morgan fingerprint density at radius 3 is 2.25 bits per heavy atom. The second kappa shape index (κ2) is 5.07. The van der Waals surface area contributed by atoms with Gasteiger partial charge in [0, 0.05) is 17.5 Å². The van der Waals surface area contributed by atoms with Crippen LogP contribution >= 0.6 is 11.6 Å². The third-order valence-corrected chi connectivity index (χ3v) is 5.30. The number of benzene rings is 1. The van der Waals surface area contributed by atoms with Crippen molar-refractivity contribution in [3.8, 4) is 0 Å². The predicted molar refractivity (Wildman–Crippen MR) is 82.0 cm³/mol. The minimum absolute atomic E-state index is 0.247. The van der Waals surface area contributed by atoms with Crippen LogP contribution in [0.4, 0.5) is 0 Å². The third kappa shape index (κ3) is 2.24. The summed E-state index contributed by atoms with van der Waals surface area (Å²) < 4.78 is 0. The molecule has 0 aliphatic carbocycles. The number of carbonyl (C=O) groups excluding carboxylic acids is 1. The van der Waals surface area contributed by atoms with Crippen LogP contribution in [0, 0.1) is 0 Å². The molecule has 2 saturated heterocycles. The highest BCUT2D eigenvalue weighted by atomic mass is 35.5. The maximum absolute atomic E-state index is 13.1. The van der Waals surface area contributed by atoms with E-state index in [-0.39, 0.29) is 11.3 Å². The molecule has 2 heterocycles. The van der Waals surface area contributed by atoms with Gasteiger partial charge in [-0.25, -0.2) is 0 Å². The lowest BCUT2D eigenvalue weighted by Gasteiger charge is -2.41. The summed E-state index contributed by atoms with van der Waals surface area (Å²) in [7, 11) is 0. The van der Waals surface area contributed by atoms with Crippen molar-refractivity contribution in [3.63, 3.8) is 0 Å². The van der Waals surface area contributed by atoms with Crippen molar-refractivity contribution in [1.82, 2.24) is 4.90 Å². The molecule has 1 amide bonds. The lowest BCUT2D eigenvalue weighted by Crippen LogP contribution is -2.52. The van der Waals surface area contributed by atoms with Crippen LogP contribution in [0.25, 0.3) is 0 Å². The number of hydrogen-bond donors (Lipinski definition) is 0. The van der Waals surface area contributed by atoms with Crippen LogP contribution < -0.4 is 0 Å². The monoisotopic (exact) mass is 291 g/mol.